The molecule has 1 saturated heterocycles. The molecule has 1 aromatic heterocycles. The minimum absolute atomic E-state index is 0.00342. The average Bonchev–Trinajstić information content (AvgIpc) is 3.23. The number of nitrogens with zero attached hydrogens (tertiary/aromatic N) is 4. The summed E-state index contributed by atoms with van der Waals surface area (Å²) in [5, 5.41) is 7.81. The predicted octanol–water partition coefficient (Wildman–Crippen LogP) is 2.87. The molecule has 3 aromatic rings. The maximum absolute atomic E-state index is 13.1. The number of morpholine rings is 1. The van der Waals surface area contributed by atoms with Crippen LogP contribution in [-0.4, -0.2) is 45.0 Å². The Hall–Kier alpha value is -2.99. The number of carbonyl (C=O) groups excluding carboxylic acids is 1. The number of amides is 1. The average molecular weight is 348 g/mol. The van der Waals surface area contributed by atoms with E-state index in [4.69, 9.17) is 4.74 Å². The molecule has 6 nitrogen and oxygen atoms in total. The van der Waals surface area contributed by atoms with E-state index in [0.29, 0.717) is 18.7 Å². The lowest BCUT2D eigenvalue weighted by atomic mass is 10.0. The van der Waals surface area contributed by atoms with Gasteiger partial charge in [-0.15, -0.1) is 5.10 Å². The van der Waals surface area contributed by atoms with Crippen LogP contribution in [0.25, 0.3) is 5.69 Å². The lowest BCUT2D eigenvalue weighted by Crippen LogP contribution is -2.48. The van der Waals surface area contributed by atoms with Crippen LogP contribution in [0.3, 0.4) is 0 Å². The molecule has 1 aliphatic heterocycles. The summed E-state index contributed by atoms with van der Waals surface area (Å²) in [6.07, 6.45) is 3.27. The van der Waals surface area contributed by atoms with E-state index in [0.717, 1.165) is 11.3 Å². The molecule has 4 rings (SSSR count). The molecule has 6 heteroatoms. The molecule has 2 aromatic carbocycles. The van der Waals surface area contributed by atoms with Crippen molar-refractivity contribution >= 4 is 5.91 Å². The molecule has 1 fully saturated rings. The highest BCUT2D eigenvalue weighted by Gasteiger charge is 2.31. The van der Waals surface area contributed by atoms with E-state index < -0.39 is 0 Å². The third-order valence-corrected chi connectivity index (χ3v) is 4.65. The molecule has 132 valence electrons. The van der Waals surface area contributed by atoms with Crippen LogP contribution in [-0.2, 0) is 4.74 Å². The Balaban J connectivity index is 1.57. The smallest absolute Gasteiger partial charge is 0.254 e. The zero-order valence-electron chi connectivity index (χ0n) is 14.5. The van der Waals surface area contributed by atoms with Crippen molar-refractivity contribution in [2.45, 2.75) is 19.1 Å². The normalized spacial score (nSPS) is 20.1. The summed E-state index contributed by atoms with van der Waals surface area (Å²) in [6, 6.07) is 17.5. The van der Waals surface area contributed by atoms with E-state index >= 15 is 0 Å². The van der Waals surface area contributed by atoms with Gasteiger partial charge in [-0.1, -0.05) is 41.6 Å². The first-order valence-corrected chi connectivity index (χ1v) is 8.66. The van der Waals surface area contributed by atoms with Crippen molar-refractivity contribution in [1.29, 1.82) is 0 Å². The van der Waals surface area contributed by atoms with Gasteiger partial charge in [0.1, 0.15) is 6.10 Å². The maximum atomic E-state index is 13.1. The van der Waals surface area contributed by atoms with E-state index in [1.807, 2.05) is 66.4 Å². The summed E-state index contributed by atoms with van der Waals surface area (Å²) in [7, 11) is 0. The summed E-state index contributed by atoms with van der Waals surface area (Å²) in [5.41, 5.74) is 2.54. The molecule has 0 unspecified atom stereocenters. The first-order valence-electron chi connectivity index (χ1n) is 8.66. The van der Waals surface area contributed by atoms with Gasteiger partial charge in [0, 0.05) is 5.56 Å². The summed E-state index contributed by atoms with van der Waals surface area (Å²) in [6.45, 7) is 3.08. The van der Waals surface area contributed by atoms with E-state index in [-0.39, 0.29) is 18.1 Å². The van der Waals surface area contributed by atoms with Crippen LogP contribution >= 0.6 is 0 Å². The van der Waals surface area contributed by atoms with Crippen LogP contribution in [0, 0.1) is 0 Å². The Morgan fingerprint density at radius 2 is 2.00 bits per heavy atom. The Morgan fingerprint density at radius 3 is 2.77 bits per heavy atom. The molecule has 1 aliphatic rings. The van der Waals surface area contributed by atoms with Gasteiger partial charge in [-0.05, 0) is 30.7 Å². The van der Waals surface area contributed by atoms with Gasteiger partial charge in [0.15, 0.2) is 0 Å². The quantitative estimate of drug-likeness (QED) is 0.730. The third kappa shape index (κ3) is 3.23. The van der Waals surface area contributed by atoms with Crippen molar-refractivity contribution in [2.24, 2.45) is 0 Å². The molecule has 1 amide bonds. The lowest BCUT2D eigenvalue weighted by Gasteiger charge is -2.38. The van der Waals surface area contributed by atoms with Gasteiger partial charge in [0.2, 0.25) is 0 Å². The van der Waals surface area contributed by atoms with Crippen LogP contribution in [0.5, 0.6) is 0 Å². The zero-order chi connectivity index (χ0) is 17.9. The van der Waals surface area contributed by atoms with Gasteiger partial charge < -0.3 is 9.64 Å². The summed E-state index contributed by atoms with van der Waals surface area (Å²) < 4.78 is 7.60. The SMILES string of the molecule is C[C@H]1CO[C@@H](c2ccccc2)CN1C(=O)c1cccc(-n2ccnn2)c1. The Labute approximate surface area is 152 Å². The monoisotopic (exact) mass is 348 g/mol. The predicted molar refractivity (Wildman–Crippen MR) is 97.0 cm³/mol. The first kappa shape index (κ1) is 16.5. The molecule has 0 radical (unpaired) electrons. The minimum Gasteiger partial charge on any atom is -0.370 e. The summed E-state index contributed by atoms with van der Waals surface area (Å²) >= 11 is 0. The summed E-state index contributed by atoms with van der Waals surface area (Å²) in [4.78, 5) is 15.0. The number of hydrogen-bond acceptors (Lipinski definition) is 4. The van der Waals surface area contributed by atoms with Crippen LogP contribution in [0.4, 0.5) is 0 Å². The van der Waals surface area contributed by atoms with Gasteiger partial charge in [0.05, 0.1) is 37.3 Å². The third-order valence-electron chi connectivity index (χ3n) is 4.65. The fourth-order valence-corrected chi connectivity index (χ4v) is 3.20. The second-order valence-electron chi connectivity index (χ2n) is 6.44. The Kier molecular flexibility index (Phi) is 4.50. The number of carbonyl (C=O) groups is 1. The first-order chi connectivity index (χ1) is 12.7. The van der Waals surface area contributed by atoms with Crippen molar-refractivity contribution in [3.8, 4) is 5.69 Å². The second-order valence-corrected chi connectivity index (χ2v) is 6.44. The number of benzene rings is 2. The van der Waals surface area contributed by atoms with Gasteiger partial charge >= 0.3 is 0 Å². The standard InChI is InChI=1S/C20H20N4O2/c1-15-14-26-19(16-6-3-2-4-7-16)13-23(15)20(25)17-8-5-9-18(12-17)24-11-10-21-22-24/h2-12,15,19H,13-14H2,1H3/t15-,19+/m0/s1. The van der Waals surface area contributed by atoms with Gasteiger partial charge in [-0.2, -0.15) is 0 Å². The highest BCUT2D eigenvalue weighted by molar-refractivity contribution is 5.95. The highest BCUT2D eigenvalue weighted by atomic mass is 16.5. The minimum atomic E-state index is -0.102. The van der Waals surface area contributed by atoms with Crippen LogP contribution < -0.4 is 0 Å². The van der Waals surface area contributed by atoms with Crippen LogP contribution in [0.1, 0.15) is 28.9 Å². The lowest BCUT2D eigenvalue weighted by molar-refractivity contribution is -0.0486. The largest absolute Gasteiger partial charge is 0.370 e. The maximum Gasteiger partial charge on any atom is 0.254 e. The molecule has 0 aliphatic carbocycles. The van der Waals surface area contributed by atoms with E-state index in [1.54, 1.807) is 17.1 Å². The molecule has 26 heavy (non-hydrogen) atoms. The Morgan fingerprint density at radius 1 is 1.15 bits per heavy atom. The van der Waals surface area contributed by atoms with Gasteiger partial charge in [0.25, 0.3) is 5.91 Å². The molecule has 2 heterocycles. The van der Waals surface area contributed by atoms with Crippen molar-refractivity contribution in [1.82, 2.24) is 19.9 Å². The molecular weight excluding hydrogens is 328 g/mol. The fourth-order valence-electron chi connectivity index (χ4n) is 3.20. The van der Waals surface area contributed by atoms with Crippen LogP contribution in [0.2, 0.25) is 0 Å². The van der Waals surface area contributed by atoms with Crippen molar-refractivity contribution in [3.63, 3.8) is 0 Å². The molecule has 0 N–H and O–H groups in total. The van der Waals surface area contributed by atoms with E-state index in [1.165, 1.54) is 0 Å². The number of aromatic nitrogens is 3. The molecule has 0 saturated carbocycles. The second kappa shape index (κ2) is 7.09. The number of hydrogen-bond donors (Lipinski definition) is 0. The van der Waals surface area contributed by atoms with Gasteiger partial charge in [-0.3, -0.25) is 4.79 Å². The van der Waals surface area contributed by atoms with Crippen molar-refractivity contribution in [2.75, 3.05) is 13.2 Å². The van der Waals surface area contributed by atoms with E-state index in [9.17, 15) is 4.79 Å². The fraction of sp³-hybridized carbons (Fsp3) is 0.250. The van der Waals surface area contributed by atoms with Crippen molar-refractivity contribution < 1.29 is 9.53 Å². The Bertz CT molecular complexity index is 880. The number of ether oxygens (including phenoxy) is 1. The molecule has 0 bridgehead atoms. The highest BCUT2D eigenvalue weighted by Crippen LogP contribution is 2.26. The molecule has 0 spiro atoms. The molecule has 2 atom stereocenters. The molecular formula is C20H20N4O2. The van der Waals surface area contributed by atoms with Crippen molar-refractivity contribution in [3.05, 3.63) is 78.1 Å². The topological polar surface area (TPSA) is 60.2 Å². The zero-order valence-corrected chi connectivity index (χ0v) is 14.5. The van der Waals surface area contributed by atoms with Gasteiger partial charge in [-0.25, -0.2) is 4.68 Å². The summed E-state index contributed by atoms with van der Waals surface area (Å²) in [5.74, 6) is 0.00342. The van der Waals surface area contributed by atoms with E-state index in [2.05, 4.69) is 10.3 Å². The number of rotatable bonds is 3. The van der Waals surface area contributed by atoms with Crippen LogP contribution in [0.15, 0.2) is 67.0 Å².